The molecule has 1 aliphatic heterocycles. The van der Waals surface area contributed by atoms with E-state index in [-0.39, 0.29) is 5.82 Å². The number of hydrogen-bond donors (Lipinski definition) is 1. The van der Waals surface area contributed by atoms with Crippen molar-refractivity contribution in [3.8, 4) is 0 Å². The van der Waals surface area contributed by atoms with Gasteiger partial charge in [0.2, 0.25) is 0 Å². The summed E-state index contributed by atoms with van der Waals surface area (Å²) in [6.45, 7) is 5.93. The van der Waals surface area contributed by atoms with E-state index in [4.69, 9.17) is 0 Å². The first kappa shape index (κ1) is 15.0. The first-order valence-corrected chi connectivity index (χ1v) is 8.22. The molecule has 116 valence electrons. The van der Waals surface area contributed by atoms with Crippen LogP contribution in [0.3, 0.4) is 0 Å². The van der Waals surface area contributed by atoms with Crippen LogP contribution in [0.5, 0.6) is 0 Å². The summed E-state index contributed by atoms with van der Waals surface area (Å²) in [6, 6.07) is 7.81. The normalized spacial score (nSPS) is 29.1. The zero-order valence-corrected chi connectivity index (χ0v) is 13.2. The fourth-order valence-electron chi connectivity index (χ4n) is 3.57. The zero-order chi connectivity index (χ0) is 14.9. The Morgan fingerprint density at radius 3 is 2.57 bits per heavy atom. The van der Waals surface area contributed by atoms with Gasteiger partial charge in [0.1, 0.15) is 5.82 Å². The third-order valence-electron chi connectivity index (χ3n) is 5.49. The maximum Gasteiger partial charge on any atom is 0.126 e. The van der Waals surface area contributed by atoms with Crippen molar-refractivity contribution in [2.24, 2.45) is 5.41 Å². The van der Waals surface area contributed by atoms with Gasteiger partial charge in [0.05, 0.1) is 0 Å². The molecule has 0 spiro atoms. The Labute approximate surface area is 127 Å². The molecule has 1 saturated carbocycles. The van der Waals surface area contributed by atoms with Crippen molar-refractivity contribution < 1.29 is 4.39 Å². The SMILES string of the molecule is CN1CCC(C)(CNC2CC(c3ccccc3F)C2)CC1. The quantitative estimate of drug-likeness (QED) is 0.914. The molecule has 3 heteroatoms. The highest BCUT2D eigenvalue weighted by molar-refractivity contribution is 5.24. The van der Waals surface area contributed by atoms with Crippen LogP contribution in [-0.4, -0.2) is 37.6 Å². The summed E-state index contributed by atoms with van der Waals surface area (Å²) >= 11 is 0. The van der Waals surface area contributed by atoms with E-state index in [0.29, 0.717) is 17.4 Å². The number of nitrogens with zero attached hydrogens (tertiary/aromatic N) is 1. The highest BCUT2D eigenvalue weighted by Gasteiger charge is 2.34. The summed E-state index contributed by atoms with van der Waals surface area (Å²) in [5.41, 5.74) is 1.34. The summed E-state index contributed by atoms with van der Waals surface area (Å²) in [7, 11) is 2.21. The molecule has 2 fully saturated rings. The predicted molar refractivity (Wildman–Crippen MR) is 85.0 cm³/mol. The van der Waals surface area contributed by atoms with E-state index in [1.165, 1.54) is 25.9 Å². The first-order valence-electron chi connectivity index (χ1n) is 8.22. The van der Waals surface area contributed by atoms with Crippen LogP contribution < -0.4 is 5.32 Å². The number of nitrogens with one attached hydrogen (secondary N) is 1. The maximum atomic E-state index is 13.7. The topological polar surface area (TPSA) is 15.3 Å². The Hall–Kier alpha value is -0.930. The average molecular weight is 290 g/mol. The monoisotopic (exact) mass is 290 g/mol. The average Bonchev–Trinajstić information content (AvgIpc) is 2.43. The lowest BCUT2D eigenvalue weighted by Crippen LogP contribution is -2.48. The van der Waals surface area contributed by atoms with Gasteiger partial charge in [0.15, 0.2) is 0 Å². The molecular weight excluding hydrogens is 263 g/mol. The molecule has 0 radical (unpaired) electrons. The van der Waals surface area contributed by atoms with Crippen LogP contribution in [-0.2, 0) is 0 Å². The summed E-state index contributed by atoms with van der Waals surface area (Å²) in [5.74, 6) is 0.372. The van der Waals surface area contributed by atoms with Gasteiger partial charge < -0.3 is 10.2 Å². The van der Waals surface area contributed by atoms with Crippen LogP contribution in [0.4, 0.5) is 4.39 Å². The number of hydrogen-bond acceptors (Lipinski definition) is 2. The largest absolute Gasteiger partial charge is 0.313 e. The van der Waals surface area contributed by atoms with E-state index in [1.807, 2.05) is 12.1 Å². The van der Waals surface area contributed by atoms with Crippen LogP contribution in [0.25, 0.3) is 0 Å². The maximum absolute atomic E-state index is 13.7. The standard InChI is InChI=1S/C18H27FN2/c1-18(7-9-21(2)10-8-18)13-20-15-11-14(12-15)16-5-3-4-6-17(16)19/h3-6,14-15,20H,7-13H2,1-2H3. The van der Waals surface area contributed by atoms with Crippen molar-refractivity contribution in [3.05, 3.63) is 35.6 Å². The van der Waals surface area contributed by atoms with E-state index in [0.717, 1.165) is 24.9 Å². The van der Waals surface area contributed by atoms with Gasteiger partial charge in [0.25, 0.3) is 0 Å². The number of piperidine rings is 1. The molecule has 1 saturated heterocycles. The summed E-state index contributed by atoms with van der Waals surface area (Å²) in [4.78, 5) is 2.42. The molecule has 1 heterocycles. The second-order valence-electron chi connectivity index (χ2n) is 7.38. The van der Waals surface area contributed by atoms with Gasteiger partial charge in [-0.2, -0.15) is 0 Å². The van der Waals surface area contributed by atoms with Crippen LogP contribution in [0.15, 0.2) is 24.3 Å². The van der Waals surface area contributed by atoms with Crippen molar-refractivity contribution in [1.29, 1.82) is 0 Å². The molecule has 21 heavy (non-hydrogen) atoms. The van der Waals surface area contributed by atoms with Crippen molar-refractivity contribution in [1.82, 2.24) is 10.2 Å². The molecule has 1 aromatic rings. The smallest absolute Gasteiger partial charge is 0.126 e. The molecule has 2 aliphatic rings. The Morgan fingerprint density at radius 2 is 1.90 bits per heavy atom. The third-order valence-corrected chi connectivity index (χ3v) is 5.49. The Kier molecular flexibility index (Phi) is 4.32. The van der Waals surface area contributed by atoms with Crippen molar-refractivity contribution in [2.45, 2.75) is 44.6 Å². The second kappa shape index (κ2) is 6.05. The molecule has 1 aromatic carbocycles. The molecular formula is C18H27FN2. The second-order valence-corrected chi connectivity index (χ2v) is 7.38. The minimum Gasteiger partial charge on any atom is -0.313 e. The summed E-state index contributed by atoms with van der Waals surface area (Å²) in [5, 5.41) is 3.72. The van der Waals surface area contributed by atoms with E-state index >= 15 is 0 Å². The highest BCUT2D eigenvalue weighted by atomic mass is 19.1. The highest BCUT2D eigenvalue weighted by Crippen LogP contribution is 2.39. The molecule has 1 N–H and O–H groups in total. The number of halogens is 1. The van der Waals surface area contributed by atoms with Crippen molar-refractivity contribution in [3.63, 3.8) is 0 Å². The summed E-state index contributed by atoms with van der Waals surface area (Å²) in [6.07, 6.45) is 4.72. The van der Waals surface area contributed by atoms with E-state index in [2.05, 4.69) is 24.2 Å². The lowest BCUT2D eigenvalue weighted by atomic mass is 9.74. The van der Waals surface area contributed by atoms with Crippen LogP contribution >= 0.6 is 0 Å². The molecule has 0 atom stereocenters. The Bertz CT molecular complexity index is 474. The van der Waals surface area contributed by atoms with Gasteiger partial charge in [-0.3, -0.25) is 0 Å². The number of benzene rings is 1. The fraction of sp³-hybridized carbons (Fsp3) is 0.667. The van der Waals surface area contributed by atoms with Crippen LogP contribution in [0.1, 0.15) is 44.1 Å². The van der Waals surface area contributed by atoms with E-state index in [9.17, 15) is 4.39 Å². The van der Waals surface area contributed by atoms with Gasteiger partial charge in [-0.1, -0.05) is 25.1 Å². The van der Waals surface area contributed by atoms with Gasteiger partial charge in [-0.05, 0) is 68.8 Å². The molecule has 1 aliphatic carbocycles. The molecule has 0 bridgehead atoms. The van der Waals surface area contributed by atoms with Crippen LogP contribution in [0, 0.1) is 11.2 Å². The van der Waals surface area contributed by atoms with E-state index < -0.39 is 0 Å². The van der Waals surface area contributed by atoms with Gasteiger partial charge in [-0.15, -0.1) is 0 Å². The van der Waals surface area contributed by atoms with Gasteiger partial charge in [-0.25, -0.2) is 4.39 Å². The Balaban J connectivity index is 1.44. The van der Waals surface area contributed by atoms with Gasteiger partial charge >= 0.3 is 0 Å². The zero-order valence-electron chi connectivity index (χ0n) is 13.2. The predicted octanol–water partition coefficient (Wildman–Crippen LogP) is 3.39. The minimum atomic E-state index is -0.0387. The molecule has 0 aromatic heterocycles. The lowest BCUT2D eigenvalue weighted by Gasteiger charge is -2.42. The molecule has 3 rings (SSSR count). The molecule has 0 unspecified atom stereocenters. The lowest BCUT2D eigenvalue weighted by molar-refractivity contribution is 0.125. The molecule has 0 amide bonds. The number of rotatable bonds is 4. The van der Waals surface area contributed by atoms with Gasteiger partial charge in [0, 0.05) is 12.6 Å². The summed E-state index contributed by atoms with van der Waals surface area (Å²) < 4.78 is 13.7. The molecule has 2 nitrogen and oxygen atoms in total. The number of likely N-dealkylation sites (tertiary alicyclic amines) is 1. The third kappa shape index (κ3) is 3.46. The fourth-order valence-corrected chi connectivity index (χ4v) is 3.57. The van der Waals surface area contributed by atoms with E-state index in [1.54, 1.807) is 12.1 Å². The van der Waals surface area contributed by atoms with Crippen LogP contribution in [0.2, 0.25) is 0 Å². The minimum absolute atomic E-state index is 0.0387. The van der Waals surface area contributed by atoms with Crippen molar-refractivity contribution in [2.75, 3.05) is 26.7 Å². The Morgan fingerprint density at radius 1 is 1.24 bits per heavy atom. The first-order chi connectivity index (χ1) is 10.1. The van der Waals surface area contributed by atoms with Crippen molar-refractivity contribution >= 4 is 0 Å².